The summed E-state index contributed by atoms with van der Waals surface area (Å²) in [6.07, 6.45) is 0. The number of anilines is 1. The Morgan fingerprint density at radius 1 is 1.05 bits per heavy atom. The molecular formula is C18H21NO2. The molecule has 0 amide bonds. The van der Waals surface area contributed by atoms with Gasteiger partial charge in [-0.15, -0.1) is 0 Å². The standard InChI is InChI=1S/C18H21NO2/c1-18(2,3)19-16-12-14(17(20)21-4)10-11-15(16)13-8-6-5-7-9-13/h5-12,19H,1-4H3. The van der Waals surface area contributed by atoms with Crippen molar-refractivity contribution in [3.05, 3.63) is 54.1 Å². The predicted octanol–water partition coefficient (Wildman–Crippen LogP) is 4.35. The van der Waals surface area contributed by atoms with Crippen molar-refractivity contribution in [2.75, 3.05) is 12.4 Å². The van der Waals surface area contributed by atoms with E-state index in [0.29, 0.717) is 5.56 Å². The Kier molecular flexibility index (Phi) is 4.32. The summed E-state index contributed by atoms with van der Waals surface area (Å²) in [5.74, 6) is -0.327. The minimum Gasteiger partial charge on any atom is -0.465 e. The first-order chi connectivity index (χ1) is 9.90. The van der Waals surface area contributed by atoms with Crippen molar-refractivity contribution in [2.24, 2.45) is 0 Å². The van der Waals surface area contributed by atoms with Crippen molar-refractivity contribution >= 4 is 11.7 Å². The van der Waals surface area contributed by atoms with Crippen molar-refractivity contribution in [3.63, 3.8) is 0 Å². The zero-order valence-electron chi connectivity index (χ0n) is 12.9. The molecule has 3 nitrogen and oxygen atoms in total. The van der Waals surface area contributed by atoms with Gasteiger partial charge in [-0.1, -0.05) is 36.4 Å². The third kappa shape index (κ3) is 3.85. The van der Waals surface area contributed by atoms with Crippen LogP contribution in [-0.4, -0.2) is 18.6 Å². The summed E-state index contributed by atoms with van der Waals surface area (Å²) in [6, 6.07) is 15.7. The molecule has 2 aromatic rings. The number of esters is 1. The highest BCUT2D eigenvalue weighted by molar-refractivity contribution is 5.93. The molecule has 0 aliphatic heterocycles. The summed E-state index contributed by atoms with van der Waals surface area (Å²) < 4.78 is 4.80. The molecule has 0 bridgehead atoms. The number of benzene rings is 2. The number of ether oxygens (including phenoxy) is 1. The van der Waals surface area contributed by atoms with Gasteiger partial charge in [-0.3, -0.25) is 0 Å². The molecule has 0 atom stereocenters. The van der Waals surface area contributed by atoms with E-state index in [4.69, 9.17) is 4.74 Å². The van der Waals surface area contributed by atoms with E-state index in [0.717, 1.165) is 16.8 Å². The molecule has 0 aromatic heterocycles. The number of carbonyl (C=O) groups excluding carboxylic acids is 1. The quantitative estimate of drug-likeness (QED) is 0.851. The second kappa shape index (κ2) is 6.00. The third-order valence-corrected chi connectivity index (χ3v) is 3.04. The normalized spacial score (nSPS) is 11.0. The molecule has 0 radical (unpaired) electrons. The third-order valence-electron chi connectivity index (χ3n) is 3.04. The first kappa shape index (κ1) is 15.1. The van der Waals surface area contributed by atoms with Gasteiger partial charge in [-0.2, -0.15) is 0 Å². The van der Waals surface area contributed by atoms with Crippen LogP contribution in [0, 0.1) is 0 Å². The number of hydrogen-bond acceptors (Lipinski definition) is 3. The highest BCUT2D eigenvalue weighted by Gasteiger charge is 2.16. The van der Waals surface area contributed by atoms with Crippen LogP contribution in [0.25, 0.3) is 11.1 Å². The van der Waals surface area contributed by atoms with Gasteiger partial charge < -0.3 is 10.1 Å². The van der Waals surface area contributed by atoms with E-state index >= 15 is 0 Å². The van der Waals surface area contributed by atoms with E-state index in [2.05, 4.69) is 38.2 Å². The molecular weight excluding hydrogens is 262 g/mol. The molecule has 21 heavy (non-hydrogen) atoms. The maximum absolute atomic E-state index is 11.7. The van der Waals surface area contributed by atoms with E-state index in [-0.39, 0.29) is 11.5 Å². The Bertz CT molecular complexity index is 627. The first-order valence-electron chi connectivity index (χ1n) is 6.97. The molecule has 0 aliphatic carbocycles. The minimum absolute atomic E-state index is 0.0989. The molecule has 0 saturated carbocycles. The predicted molar refractivity (Wildman–Crippen MR) is 86.6 cm³/mol. The zero-order chi connectivity index (χ0) is 15.5. The minimum atomic E-state index is -0.327. The molecule has 0 saturated heterocycles. The molecule has 3 heteroatoms. The van der Waals surface area contributed by atoms with Crippen LogP contribution in [-0.2, 0) is 4.74 Å². The molecule has 0 fully saturated rings. The number of carbonyl (C=O) groups is 1. The van der Waals surface area contributed by atoms with Crippen molar-refractivity contribution in [1.82, 2.24) is 0 Å². The fraction of sp³-hybridized carbons (Fsp3) is 0.278. The molecule has 110 valence electrons. The largest absolute Gasteiger partial charge is 0.465 e. The molecule has 0 spiro atoms. The van der Waals surface area contributed by atoms with Crippen LogP contribution >= 0.6 is 0 Å². The van der Waals surface area contributed by atoms with Crippen LogP contribution in [0.2, 0.25) is 0 Å². The SMILES string of the molecule is COC(=O)c1ccc(-c2ccccc2)c(NC(C)(C)C)c1. The number of nitrogens with one attached hydrogen (secondary N) is 1. The van der Waals surface area contributed by atoms with E-state index in [1.54, 1.807) is 6.07 Å². The van der Waals surface area contributed by atoms with Gasteiger partial charge in [0.05, 0.1) is 12.7 Å². The number of methoxy groups -OCH3 is 1. The van der Waals surface area contributed by atoms with Gasteiger partial charge in [-0.05, 0) is 38.5 Å². The molecule has 0 aliphatic rings. The maximum Gasteiger partial charge on any atom is 0.337 e. The molecule has 1 N–H and O–H groups in total. The summed E-state index contributed by atoms with van der Waals surface area (Å²) in [5, 5.41) is 3.46. The second-order valence-corrected chi connectivity index (χ2v) is 5.99. The summed E-state index contributed by atoms with van der Waals surface area (Å²) in [6.45, 7) is 6.27. The van der Waals surface area contributed by atoms with Gasteiger partial charge in [0.1, 0.15) is 0 Å². The van der Waals surface area contributed by atoms with E-state index in [9.17, 15) is 4.79 Å². The zero-order valence-corrected chi connectivity index (χ0v) is 12.9. The lowest BCUT2D eigenvalue weighted by molar-refractivity contribution is 0.0601. The Morgan fingerprint density at radius 2 is 1.71 bits per heavy atom. The summed E-state index contributed by atoms with van der Waals surface area (Å²) >= 11 is 0. The monoisotopic (exact) mass is 283 g/mol. The van der Waals surface area contributed by atoms with E-state index < -0.39 is 0 Å². The number of hydrogen-bond donors (Lipinski definition) is 1. The van der Waals surface area contributed by atoms with Gasteiger partial charge in [0, 0.05) is 16.8 Å². The fourth-order valence-corrected chi connectivity index (χ4v) is 2.17. The lowest BCUT2D eigenvalue weighted by atomic mass is 9.99. The smallest absolute Gasteiger partial charge is 0.337 e. The van der Waals surface area contributed by atoms with Gasteiger partial charge in [0.15, 0.2) is 0 Å². The van der Waals surface area contributed by atoms with E-state index in [1.807, 2.05) is 30.3 Å². The second-order valence-electron chi connectivity index (χ2n) is 5.99. The van der Waals surface area contributed by atoms with Gasteiger partial charge in [0.2, 0.25) is 0 Å². The van der Waals surface area contributed by atoms with Crippen LogP contribution in [0.5, 0.6) is 0 Å². The van der Waals surface area contributed by atoms with Crippen molar-refractivity contribution in [2.45, 2.75) is 26.3 Å². The topological polar surface area (TPSA) is 38.3 Å². The van der Waals surface area contributed by atoms with E-state index in [1.165, 1.54) is 7.11 Å². The average Bonchev–Trinajstić information content (AvgIpc) is 2.45. The molecule has 2 rings (SSSR count). The van der Waals surface area contributed by atoms with Crippen LogP contribution in [0.3, 0.4) is 0 Å². The van der Waals surface area contributed by atoms with Crippen molar-refractivity contribution in [3.8, 4) is 11.1 Å². The highest BCUT2D eigenvalue weighted by atomic mass is 16.5. The molecule has 2 aromatic carbocycles. The number of rotatable bonds is 3. The van der Waals surface area contributed by atoms with Crippen molar-refractivity contribution < 1.29 is 9.53 Å². The van der Waals surface area contributed by atoms with Gasteiger partial charge in [0.25, 0.3) is 0 Å². The Hall–Kier alpha value is -2.29. The van der Waals surface area contributed by atoms with Crippen LogP contribution in [0.1, 0.15) is 31.1 Å². The Morgan fingerprint density at radius 3 is 2.29 bits per heavy atom. The lowest BCUT2D eigenvalue weighted by Crippen LogP contribution is -2.26. The lowest BCUT2D eigenvalue weighted by Gasteiger charge is -2.24. The fourth-order valence-electron chi connectivity index (χ4n) is 2.17. The molecule has 0 heterocycles. The Balaban J connectivity index is 2.51. The van der Waals surface area contributed by atoms with Crippen LogP contribution in [0.4, 0.5) is 5.69 Å². The summed E-state index contributed by atoms with van der Waals surface area (Å²) in [7, 11) is 1.39. The van der Waals surface area contributed by atoms with Crippen molar-refractivity contribution in [1.29, 1.82) is 0 Å². The van der Waals surface area contributed by atoms with Crippen LogP contribution < -0.4 is 5.32 Å². The molecule has 0 unspecified atom stereocenters. The van der Waals surface area contributed by atoms with Crippen LogP contribution in [0.15, 0.2) is 48.5 Å². The Labute approximate surface area is 126 Å². The average molecular weight is 283 g/mol. The summed E-state index contributed by atoms with van der Waals surface area (Å²) in [4.78, 5) is 11.7. The van der Waals surface area contributed by atoms with Gasteiger partial charge >= 0.3 is 5.97 Å². The maximum atomic E-state index is 11.7. The first-order valence-corrected chi connectivity index (χ1v) is 6.97. The highest BCUT2D eigenvalue weighted by Crippen LogP contribution is 2.31. The van der Waals surface area contributed by atoms with Gasteiger partial charge in [-0.25, -0.2) is 4.79 Å². The summed E-state index contributed by atoms with van der Waals surface area (Å²) in [5.41, 5.74) is 3.55.